The van der Waals surface area contributed by atoms with Crippen LogP contribution in [-0.2, 0) is 9.59 Å². The molecule has 0 rings (SSSR count). The summed E-state index contributed by atoms with van der Waals surface area (Å²) in [7, 11) is 0. The molecule has 0 aromatic rings. The fourth-order valence-corrected chi connectivity index (χ4v) is 1.26. The first kappa shape index (κ1) is 16.9. The topological polar surface area (TPSA) is 58.2 Å². The standard InChI is InChI=1S/C14H28N2O2/c1-13(2,3)7-9-15-11(17)12(18)16-10-8-14(4,5)6/h7-10H2,1-6H3,(H,15,17)(H,16,18). The van der Waals surface area contributed by atoms with Crippen LogP contribution in [0.25, 0.3) is 0 Å². The summed E-state index contributed by atoms with van der Waals surface area (Å²) in [5, 5.41) is 5.27. The summed E-state index contributed by atoms with van der Waals surface area (Å²) in [5.41, 5.74) is 0.325. The smallest absolute Gasteiger partial charge is 0.309 e. The average molecular weight is 256 g/mol. The fourth-order valence-electron chi connectivity index (χ4n) is 1.26. The minimum Gasteiger partial charge on any atom is -0.348 e. The Bertz CT molecular complexity index is 255. The molecule has 0 radical (unpaired) electrons. The van der Waals surface area contributed by atoms with E-state index in [1.54, 1.807) is 0 Å². The molecule has 0 heterocycles. The third-order valence-electron chi connectivity index (χ3n) is 2.53. The number of amides is 2. The predicted octanol–water partition coefficient (Wildman–Crippen LogP) is 2.09. The van der Waals surface area contributed by atoms with Gasteiger partial charge in [0.25, 0.3) is 0 Å². The summed E-state index contributed by atoms with van der Waals surface area (Å²) >= 11 is 0. The lowest BCUT2D eigenvalue weighted by Crippen LogP contribution is -2.41. The average Bonchev–Trinajstić information content (AvgIpc) is 2.13. The Morgan fingerprint density at radius 1 is 0.722 bits per heavy atom. The predicted molar refractivity (Wildman–Crippen MR) is 74.2 cm³/mol. The molecule has 2 N–H and O–H groups in total. The normalized spacial score (nSPS) is 12.1. The Morgan fingerprint density at radius 2 is 1.00 bits per heavy atom. The Balaban J connectivity index is 3.81. The maximum atomic E-state index is 11.5. The quantitative estimate of drug-likeness (QED) is 0.757. The van der Waals surface area contributed by atoms with Gasteiger partial charge in [0.1, 0.15) is 0 Å². The van der Waals surface area contributed by atoms with E-state index < -0.39 is 11.8 Å². The first-order valence-corrected chi connectivity index (χ1v) is 6.57. The molecule has 0 aromatic heterocycles. The maximum absolute atomic E-state index is 11.5. The van der Waals surface area contributed by atoms with Crippen LogP contribution in [0.15, 0.2) is 0 Å². The number of hydrogen-bond donors (Lipinski definition) is 2. The van der Waals surface area contributed by atoms with Gasteiger partial charge >= 0.3 is 11.8 Å². The molecule has 0 fully saturated rings. The maximum Gasteiger partial charge on any atom is 0.309 e. The third kappa shape index (κ3) is 10.1. The summed E-state index contributed by atoms with van der Waals surface area (Å²) in [6.07, 6.45) is 1.71. The molecule has 0 saturated heterocycles. The lowest BCUT2D eigenvalue weighted by molar-refractivity contribution is -0.139. The van der Waals surface area contributed by atoms with Gasteiger partial charge in [0.05, 0.1) is 0 Å². The van der Waals surface area contributed by atoms with Crippen LogP contribution in [0.3, 0.4) is 0 Å². The van der Waals surface area contributed by atoms with Crippen LogP contribution < -0.4 is 10.6 Å². The molecule has 4 nitrogen and oxygen atoms in total. The molecule has 0 saturated carbocycles. The van der Waals surface area contributed by atoms with Gasteiger partial charge < -0.3 is 10.6 Å². The largest absolute Gasteiger partial charge is 0.348 e. The zero-order valence-corrected chi connectivity index (χ0v) is 12.6. The van der Waals surface area contributed by atoms with E-state index in [0.717, 1.165) is 12.8 Å². The van der Waals surface area contributed by atoms with Crippen molar-refractivity contribution >= 4 is 11.8 Å². The van der Waals surface area contributed by atoms with Gasteiger partial charge in [-0.2, -0.15) is 0 Å². The second kappa shape index (κ2) is 6.76. The van der Waals surface area contributed by atoms with Gasteiger partial charge in [-0.25, -0.2) is 0 Å². The van der Waals surface area contributed by atoms with Crippen molar-refractivity contribution in [2.45, 2.75) is 54.4 Å². The Kier molecular flexibility index (Phi) is 6.36. The van der Waals surface area contributed by atoms with E-state index in [-0.39, 0.29) is 10.8 Å². The van der Waals surface area contributed by atoms with Gasteiger partial charge in [-0.05, 0) is 23.7 Å². The van der Waals surface area contributed by atoms with Crippen LogP contribution >= 0.6 is 0 Å². The van der Waals surface area contributed by atoms with E-state index in [0.29, 0.717) is 13.1 Å². The van der Waals surface area contributed by atoms with Crippen molar-refractivity contribution < 1.29 is 9.59 Å². The molecule has 4 heteroatoms. The van der Waals surface area contributed by atoms with Crippen molar-refractivity contribution in [1.29, 1.82) is 0 Å². The highest BCUT2D eigenvalue weighted by molar-refractivity contribution is 6.35. The zero-order valence-electron chi connectivity index (χ0n) is 12.6. The Hall–Kier alpha value is -1.06. The molecule has 0 spiro atoms. The van der Waals surface area contributed by atoms with Crippen LogP contribution in [0.1, 0.15) is 54.4 Å². The minimum absolute atomic E-state index is 0.163. The van der Waals surface area contributed by atoms with Gasteiger partial charge in [0.15, 0.2) is 0 Å². The van der Waals surface area contributed by atoms with E-state index in [1.165, 1.54) is 0 Å². The number of carbonyl (C=O) groups is 2. The molecule has 0 aromatic carbocycles. The van der Waals surface area contributed by atoms with Crippen LogP contribution in [0.5, 0.6) is 0 Å². The summed E-state index contributed by atoms with van der Waals surface area (Å²) in [6, 6.07) is 0. The van der Waals surface area contributed by atoms with Crippen LogP contribution in [0.4, 0.5) is 0 Å². The van der Waals surface area contributed by atoms with Crippen molar-refractivity contribution in [2.75, 3.05) is 13.1 Å². The second-order valence-electron chi connectivity index (χ2n) is 7.13. The molecule has 106 valence electrons. The molecule has 18 heavy (non-hydrogen) atoms. The van der Waals surface area contributed by atoms with Crippen molar-refractivity contribution in [3.63, 3.8) is 0 Å². The minimum atomic E-state index is -0.534. The Labute approximate surface area is 111 Å². The fraction of sp³-hybridized carbons (Fsp3) is 0.857. The number of carbonyl (C=O) groups excluding carboxylic acids is 2. The number of nitrogens with one attached hydrogen (secondary N) is 2. The van der Waals surface area contributed by atoms with Crippen LogP contribution in [0, 0.1) is 10.8 Å². The first-order valence-electron chi connectivity index (χ1n) is 6.57. The van der Waals surface area contributed by atoms with Crippen molar-refractivity contribution in [2.24, 2.45) is 10.8 Å². The van der Waals surface area contributed by atoms with Crippen LogP contribution in [-0.4, -0.2) is 24.9 Å². The molecule has 0 unspecified atom stereocenters. The molecular formula is C14H28N2O2. The second-order valence-corrected chi connectivity index (χ2v) is 7.13. The summed E-state index contributed by atoms with van der Waals surface area (Å²) in [5.74, 6) is -1.07. The highest BCUT2D eigenvalue weighted by Gasteiger charge is 2.16. The molecule has 0 aliphatic rings. The third-order valence-corrected chi connectivity index (χ3v) is 2.53. The molecule has 0 aliphatic heterocycles. The lowest BCUT2D eigenvalue weighted by Gasteiger charge is -2.19. The van der Waals surface area contributed by atoms with Crippen molar-refractivity contribution in [1.82, 2.24) is 10.6 Å². The zero-order chi connectivity index (χ0) is 14.4. The first-order chi connectivity index (χ1) is 8.01. The van der Waals surface area contributed by atoms with Gasteiger partial charge in [0, 0.05) is 13.1 Å². The summed E-state index contributed by atoms with van der Waals surface area (Å²) in [6.45, 7) is 13.7. The SMILES string of the molecule is CC(C)(C)CCNC(=O)C(=O)NCCC(C)(C)C. The molecule has 0 bridgehead atoms. The number of hydrogen-bond acceptors (Lipinski definition) is 2. The molecule has 2 amide bonds. The van der Waals surface area contributed by atoms with Gasteiger partial charge in [-0.15, -0.1) is 0 Å². The summed E-state index contributed by atoms with van der Waals surface area (Å²) < 4.78 is 0. The van der Waals surface area contributed by atoms with Crippen LogP contribution in [0.2, 0.25) is 0 Å². The van der Waals surface area contributed by atoms with Gasteiger partial charge in [-0.3, -0.25) is 9.59 Å². The van der Waals surface area contributed by atoms with Gasteiger partial charge in [0.2, 0.25) is 0 Å². The van der Waals surface area contributed by atoms with Gasteiger partial charge in [-0.1, -0.05) is 41.5 Å². The van der Waals surface area contributed by atoms with Crippen molar-refractivity contribution in [3.05, 3.63) is 0 Å². The summed E-state index contributed by atoms with van der Waals surface area (Å²) in [4.78, 5) is 22.9. The van der Waals surface area contributed by atoms with E-state index in [9.17, 15) is 9.59 Å². The Morgan fingerprint density at radius 3 is 1.22 bits per heavy atom. The monoisotopic (exact) mass is 256 g/mol. The van der Waals surface area contributed by atoms with Crippen molar-refractivity contribution in [3.8, 4) is 0 Å². The lowest BCUT2D eigenvalue weighted by atomic mass is 9.92. The molecule has 0 aliphatic carbocycles. The molecule has 0 atom stereocenters. The highest BCUT2D eigenvalue weighted by atomic mass is 16.2. The number of rotatable bonds is 4. The highest BCUT2D eigenvalue weighted by Crippen LogP contribution is 2.17. The van der Waals surface area contributed by atoms with E-state index in [2.05, 4.69) is 52.2 Å². The molecular weight excluding hydrogens is 228 g/mol. The van der Waals surface area contributed by atoms with E-state index >= 15 is 0 Å². The van der Waals surface area contributed by atoms with E-state index in [4.69, 9.17) is 0 Å². The van der Waals surface area contributed by atoms with E-state index in [1.807, 2.05) is 0 Å².